The molecule has 0 aliphatic heterocycles. The highest BCUT2D eigenvalue weighted by Gasteiger charge is 2.16. The monoisotopic (exact) mass is 293 g/mol. The summed E-state index contributed by atoms with van der Waals surface area (Å²) in [5.41, 5.74) is 6.08. The van der Waals surface area contributed by atoms with Gasteiger partial charge in [-0.15, -0.1) is 0 Å². The summed E-state index contributed by atoms with van der Waals surface area (Å²) < 4.78 is 37.0. The lowest BCUT2D eigenvalue weighted by Crippen LogP contribution is -2.07. The second kappa shape index (κ2) is 5.78. The molecule has 110 valence electrons. The standard InChI is InChI=1S/C15H13F2NO3/c1-8-3-4-9(16)5-13(8)21-14-6-10(15(19)20-2)12(18)7-11(14)17/h3-7H,18H2,1-2H3. The maximum atomic E-state index is 13.9. The number of carbonyl (C=O) groups excluding carboxylic acids is 1. The van der Waals surface area contributed by atoms with Crippen molar-refractivity contribution in [2.75, 3.05) is 12.8 Å². The number of aryl methyl sites for hydroxylation is 1. The number of anilines is 1. The number of halogens is 2. The second-order valence-corrected chi connectivity index (χ2v) is 4.37. The van der Waals surface area contributed by atoms with Crippen molar-refractivity contribution in [1.82, 2.24) is 0 Å². The summed E-state index contributed by atoms with van der Waals surface area (Å²) in [6.07, 6.45) is 0. The Morgan fingerprint density at radius 2 is 1.86 bits per heavy atom. The van der Waals surface area contributed by atoms with Gasteiger partial charge in [0.1, 0.15) is 11.6 Å². The molecule has 2 N–H and O–H groups in total. The summed E-state index contributed by atoms with van der Waals surface area (Å²) in [6.45, 7) is 1.69. The van der Waals surface area contributed by atoms with E-state index in [0.29, 0.717) is 5.56 Å². The van der Waals surface area contributed by atoms with E-state index in [-0.39, 0.29) is 22.7 Å². The van der Waals surface area contributed by atoms with Gasteiger partial charge >= 0.3 is 5.97 Å². The number of benzene rings is 2. The van der Waals surface area contributed by atoms with Crippen LogP contribution in [0.5, 0.6) is 11.5 Å². The molecule has 0 amide bonds. The number of rotatable bonds is 3. The quantitative estimate of drug-likeness (QED) is 0.695. The fourth-order valence-electron chi connectivity index (χ4n) is 1.74. The molecule has 6 heteroatoms. The molecule has 4 nitrogen and oxygen atoms in total. The van der Waals surface area contributed by atoms with E-state index in [1.165, 1.54) is 19.2 Å². The van der Waals surface area contributed by atoms with Gasteiger partial charge in [-0.25, -0.2) is 13.6 Å². The zero-order chi connectivity index (χ0) is 15.6. The van der Waals surface area contributed by atoms with Crippen LogP contribution >= 0.6 is 0 Å². The number of methoxy groups -OCH3 is 1. The molecule has 21 heavy (non-hydrogen) atoms. The van der Waals surface area contributed by atoms with E-state index < -0.39 is 17.6 Å². The number of hydrogen-bond donors (Lipinski definition) is 1. The minimum atomic E-state index is -0.760. The van der Waals surface area contributed by atoms with Crippen molar-refractivity contribution in [2.45, 2.75) is 6.92 Å². The molecule has 0 saturated carbocycles. The van der Waals surface area contributed by atoms with Crippen LogP contribution < -0.4 is 10.5 Å². The van der Waals surface area contributed by atoms with E-state index in [4.69, 9.17) is 10.5 Å². The lowest BCUT2D eigenvalue weighted by atomic mass is 10.1. The number of ether oxygens (including phenoxy) is 2. The van der Waals surface area contributed by atoms with Crippen molar-refractivity contribution in [3.8, 4) is 11.5 Å². The van der Waals surface area contributed by atoms with E-state index in [0.717, 1.165) is 18.2 Å². The van der Waals surface area contributed by atoms with Gasteiger partial charge in [0.05, 0.1) is 12.7 Å². The average molecular weight is 293 g/mol. The molecule has 0 aliphatic rings. The van der Waals surface area contributed by atoms with Crippen LogP contribution in [0.25, 0.3) is 0 Å². The highest BCUT2D eigenvalue weighted by Crippen LogP contribution is 2.31. The Kier molecular flexibility index (Phi) is 4.07. The average Bonchev–Trinajstić information content (AvgIpc) is 2.44. The number of nitrogens with two attached hydrogens (primary N) is 1. The fourth-order valence-corrected chi connectivity index (χ4v) is 1.74. The van der Waals surface area contributed by atoms with Gasteiger partial charge < -0.3 is 15.2 Å². The molecular formula is C15H13F2NO3. The van der Waals surface area contributed by atoms with Gasteiger partial charge in [0.15, 0.2) is 11.6 Å². The molecule has 0 spiro atoms. The Bertz CT molecular complexity index is 702. The van der Waals surface area contributed by atoms with Gasteiger partial charge in [0.25, 0.3) is 0 Å². The van der Waals surface area contributed by atoms with Crippen molar-refractivity contribution in [2.24, 2.45) is 0 Å². The summed E-state index contributed by atoms with van der Waals surface area (Å²) in [4.78, 5) is 11.5. The van der Waals surface area contributed by atoms with Crippen LogP contribution in [0.4, 0.5) is 14.5 Å². The minimum absolute atomic E-state index is 0.0250. The normalized spacial score (nSPS) is 10.3. The SMILES string of the molecule is COC(=O)c1cc(Oc2cc(F)ccc2C)c(F)cc1N. The van der Waals surface area contributed by atoms with E-state index in [1.54, 1.807) is 6.92 Å². The van der Waals surface area contributed by atoms with Crippen LogP contribution in [0, 0.1) is 18.6 Å². The molecular weight excluding hydrogens is 280 g/mol. The zero-order valence-corrected chi connectivity index (χ0v) is 11.4. The summed E-state index contributed by atoms with van der Waals surface area (Å²) in [6, 6.07) is 5.97. The van der Waals surface area contributed by atoms with Crippen molar-refractivity contribution >= 4 is 11.7 Å². The third kappa shape index (κ3) is 3.10. The predicted molar refractivity (Wildman–Crippen MR) is 73.4 cm³/mol. The highest BCUT2D eigenvalue weighted by molar-refractivity contribution is 5.95. The topological polar surface area (TPSA) is 61.5 Å². The van der Waals surface area contributed by atoms with Gasteiger partial charge in [0, 0.05) is 23.9 Å². The maximum Gasteiger partial charge on any atom is 0.340 e. The van der Waals surface area contributed by atoms with E-state index in [1.807, 2.05) is 0 Å². The minimum Gasteiger partial charge on any atom is -0.465 e. The largest absolute Gasteiger partial charge is 0.465 e. The number of nitrogen functional groups attached to an aromatic ring is 1. The molecule has 0 fully saturated rings. The predicted octanol–water partition coefficient (Wildman–Crippen LogP) is 3.43. The highest BCUT2D eigenvalue weighted by atomic mass is 19.1. The first kappa shape index (κ1) is 14.8. The van der Waals surface area contributed by atoms with Crippen molar-refractivity contribution in [1.29, 1.82) is 0 Å². The van der Waals surface area contributed by atoms with Crippen LogP contribution in [-0.4, -0.2) is 13.1 Å². The lowest BCUT2D eigenvalue weighted by Gasteiger charge is -2.12. The van der Waals surface area contributed by atoms with Gasteiger partial charge in [0.2, 0.25) is 0 Å². The molecule has 0 heterocycles. The van der Waals surface area contributed by atoms with Crippen molar-refractivity contribution in [3.05, 3.63) is 53.1 Å². The Labute approximate surface area is 120 Å². The van der Waals surface area contributed by atoms with Crippen molar-refractivity contribution < 1.29 is 23.0 Å². The molecule has 0 aliphatic carbocycles. The zero-order valence-electron chi connectivity index (χ0n) is 11.4. The molecule has 0 radical (unpaired) electrons. The van der Waals surface area contributed by atoms with E-state index >= 15 is 0 Å². The van der Waals surface area contributed by atoms with Crippen LogP contribution in [0.3, 0.4) is 0 Å². The number of esters is 1. The fraction of sp³-hybridized carbons (Fsp3) is 0.133. The third-order valence-electron chi connectivity index (χ3n) is 2.88. The first-order valence-electron chi connectivity index (χ1n) is 6.03. The van der Waals surface area contributed by atoms with Crippen LogP contribution in [0.2, 0.25) is 0 Å². The second-order valence-electron chi connectivity index (χ2n) is 4.37. The smallest absolute Gasteiger partial charge is 0.340 e. The van der Waals surface area contributed by atoms with E-state index in [9.17, 15) is 13.6 Å². The lowest BCUT2D eigenvalue weighted by molar-refractivity contribution is 0.0601. The number of hydrogen-bond acceptors (Lipinski definition) is 4. The van der Waals surface area contributed by atoms with Gasteiger partial charge in [-0.3, -0.25) is 0 Å². The van der Waals surface area contributed by atoms with Crippen LogP contribution in [0.1, 0.15) is 15.9 Å². The molecule has 2 aromatic rings. The Balaban J connectivity index is 2.44. The third-order valence-corrected chi connectivity index (χ3v) is 2.88. The molecule has 0 atom stereocenters. The van der Waals surface area contributed by atoms with Crippen LogP contribution in [0.15, 0.2) is 30.3 Å². The van der Waals surface area contributed by atoms with E-state index in [2.05, 4.69) is 4.74 Å². The molecule has 0 aromatic heterocycles. The molecule has 2 rings (SSSR count). The molecule has 0 unspecified atom stereocenters. The summed E-state index contributed by atoms with van der Waals surface area (Å²) in [5.74, 6) is -2.08. The first-order chi connectivity index (χ1) is 9.92. The Morgan fingerprint density at radius 1 is 1.14 bits per heavy atom. The van der Waals surface area contributed by atoms with Gasteiger partial charge in [-0.1, -0.05) is 6.07 Å². The summed E-state index contributed by atoms with van der Waals surface area (Å²) in [7, 11) is 1.18. The Morgan fingerprint density at radius 3 is 2.52 bits per heavy atom. The molecule has 0 saturated heterocycles. The summed E-state index contributed by atoms with van der Waals surface area (Å²) in [5, 5.41) is 0. The maximum absolute atomic E-state index is 13.9. The van der Waals surface area contributed by atoms with Gasteiger partial charge in [-0.2, -0.15) is 0 Å². The summed E-state index contributed by atoms with van der Waals surface area (Å²) >= 11 is 0. The molecule has 2 aromatic carbocycles. The Hall–Kier alpha value is -2.63. The first-order valence-corrected chi connectivity index (χ1v) is 6.03. The van der Waals surface area contributed by atoms with Crippen LogP contribution in [-0.2, 0) is 4.74 Å². The van der Waals surface area contributed by atoms with Gasteiger partial charge in [-0.05, 0) is 18.6 Å². The number of carbonyl (C=O) groups is 1. The molecule has 0 bridgehead atoms. The van der Waals surface area contributed by atoms with Crippen molar-refractivity contribution in [3.63, 3.8) is 0 Å².